The molecule has 0 aromatic carbocycles. The quantitative estimate of drug-likeness (QED) is 0.644. The van der Waals surface area contributed by atoms with Crippen molar-refractivity contribution in [3.63, 3.8) is 0 Å². The van der Waals surface area contributed by atoms with E-state index in [9.17, 15) is 8.42 Å². The molecule has 0 aliphatic carbocycles. The lowest BCUT2D eigenvalue weighted by atomic mass is 10.3. The molecule has 7 heteroatoms. The highest BCUT2D eigenvalue weighted by molar-refractivity contribution is 7.89. The molecule has 1 aromatic heterocycles. The monoisotopic (exact) mass is 319 g/mol. The lowest BCUT2D eigenvalue weighted by molar-refractivity contribution is 0.555. The molecule has 2 N–H and O–H groups in total. The van der Waals surface area contributed by atoms with Crippen LogP contribution < -0.4 is 10.0 Å². The molecule has 1 aromatic rings. The van der Waals surface area contributed by atoms with E-state index in [2.05, 4.69) is 28.9 Å². The number of nitrogens with one attached hydrogen (secondary N) is 2. The Morgan fingerprint density at radius 2 is 2.05 bits per heavy atom. The second kappa shape index (κ2) is 8.71. The van der Waals surface area contributed by atoms with Crippen LogP contribution in [-0.2, 0) is 16.4 Å². The van der Waals surface area contributed by atoms with Crippen LogP contribution in [0.3, 0.4) is 0 Å². The zero-order chi connectivity index (χ0) is 15.0. The van der Waals surface area contributed by atoms with E-state index in [-0.39, 0.29) is 5.75 Å². The zero-order valence-electron chi connectivity index (χ0n) is 12.5. The molecule has 0 fully saturated rings. The third kappa shape index (κ3) is 7.94. The molecule has 0 aliphatic rings. The first-order valence-electron chi connectivity index (χ1n) is 7.01. The number of hydrogen-bond donors (Lipinski definition) is 2. The van der Waals surface area contributed by atoms with Crippen molar-refractivity contribution in [3.8, 4) is 0 Å². The maximum absolute atomic E-state index is 11.8. The molecule has 0 unspecified atom stereocenters. The molecule has 0 aliphatic heterocycles. The standard InChI is InChI=1S/C13H25N3O2S2/c1-11(2)14-7-4-5-9-20(17,18)15-8-6-13-16-12(3)10-19-13/h10-11,14-15H,4-9H2,1-3H3. The van der Waals surface area contributed by atoms with Gasteiger partial charge in [0.25, 0.3) is 0 Å². The van der Waals surface area contributed by atoms with E-state index in [1.54, 1.807) is 11.3 Å². The molecule has 1 heterocycles. The fraction of sp³-hybridized carbons (Fsp3) is 0.769. The van der Waals surface area contributed by atoms with Crippen LogP contribution in [0.15, 0.2) is 5.38 Å². The van der Waals surface area contributed by atoms with E-state index < -0.39 is 10.0 Å². The Labute approximate surface area is 126 Å². The summed E-state index contributed by atoms with van der Waals surface area (Å²) >= 11 is 1.57. The fourth-order valence-electron chi connectivity index (χ4n) is 1.71. The van der Waals surface area contributed by atoms with Gasteiger partial charge in [-0.2, -0.15) is 0 Å². The van der Waals surface area contributed by atoms with Gasteiger partial charge in [0.15, 0.2) is 0 Å². The minimum absolute atomic E-state index is 0.198. The molecule has 0 spiro atoms. The average Bonchev–Trinajstić information content (AvgIpc) is 2.74. The summed E-state index contributed by atoms with van der Waals surface area (Å²) < 4.78 is 26.2. The Morgan fingerprint density at radius 1 is 1.30 bits per heavy atom. The summed E-state index contributed by atoms with van der Waals surface area (Å²) in [5.74, 6) is 0.198. The third-order valence-electron chi connectivity index (χ3n) is 2.72. The summed E-state index contributed by atoms with van der Waals surface area (Å²) in [7, 11) is -3.15. The number of unbranched alkanes of at least 4 members (excludes halogenated alkanes) is 1. The van der Waals surface area contributed by atoms with Gasteiger partial charge < -0.3 is 5.32 Å². The van der Waals surface area contributed by atoms with Crippen LogP contribution in [0.2, 0.25) is 0 Å². The molecule has 20 heavy (non-hydrogen) atoms. The number of rotatable bonds is 10. The van der Waals surface area contributed by atoms with Crippen molar-refractivity contribution in [3.05, 3.63) is 16.1 Å². The fourth-order valence-corrected chi connectivity index (χ4v) is 3.63. The Hall–Kier alpha value is -0.500. The molecule has 0 bridgehead atoms. The number of hydrogen-bond acceptors (Lipinski definition) is 5. The minimum atomic E-state index is -3.15. The molecular weight excluding hydrogens is 294 g/mol. The van der Waals surface area contributed by atoms with E-state index >= 15 is 0 Å². The summed E-state index contributed by atoms with van der Waals surface area (Å²) in [6, 6.07) is 0.450. The van der Waals surface area contributed by atoms with E-state index in [1.165, 1.54) is 0 Å². The Balaban J connectivity index is 2.14. The van der Waals surface area contributed by atoms with Crippen molar-refractivity contribution in [2.45, 2.75) is 46.1 Å². The molecule has 0 saturated heterocycles. The van der Waals surface area contributed by atoms with Gasteiger partial charge in [0.2, 0.25) is 10.0 Å². The predicted octanol–water partition coefficient (Wildman–Crippen LogP) is 1.69. The summed E-state index contributed by atoms with van der Waals surface area (Å²) in [5.41, 5.74) is 0.991. The number of nitrogens with zero attached hydrogens (tertiary/aromatic N) is 1. The zero-order valence-corrected chi connectivity index (χ0v) is 14.1. The first-order valence-corrected chi connectivity index (χ1v) is 9.54. The summed E-state index contributed by atoms with van der Waals surface area (Å²) in [6.07, 6.45) is 2.23. The van der Waals surface area contributed by atoms with Gasteiger partial charge >= 0.3 is 0 Å². The SMILES string of the molecule is Cc1csc(CCNS(=O)(=O)CCCCNC(C)C)n1. The molecule has 0 radical (unpaired) electrons. The van der Waals surface area contributed by atoms with Gasteiger partial charge in [-0.3, -0.25) is 0 Å². The first kappa shape index (κ1) is 17.6. The first-order chi connectivity index (χ1) is 9.39. The highest BCUT2D eigenvalue weighted by Gasteiger charge is 2.09. The average molecular weight is 319 g/mol. The lowest BCUT2D eigenvalue weighted by Crippen LogP contribution is -2.29. The third-order valence-corrected chi connectivity index (χ3v) is 5.22. The highest BCUT2D eigenvalue weighted by atomic mass is 32.2. The van der Waals surface area contributed by atoms with Crippen LogP contribution >= 0.6 is 11.3 Å². The largest absolute Gasteiger partial charge is 0.315 e. The van der Waals surface area contributed by atoms with Gasteiger partial charge in [-0.1, -0.05) is 13.8 Å². The molecule has 116 valence electrons. The molecule has 0 saturated carbocycles. The van der Waals surface area contributed by atoms with Crippen LogP contribution in [-0.4, -0.2) is 38.3 Å². The lowest BCUT2D eigenvalue weighted by Gasteiger charge is -2.08. The molecule has 0 amide bonds. The van der Waals surface area contributed by atoms with Gasteiger partial charge in [-0.05, 0) is 26.3 Å². The number of sulfonamides is 1. The van der Waals surface area contributed by atoms with Gasteiger partial charge in [0.1, 0.15) is 0 Å². The Morgan fingerprint density at radius 3 is 2.65 bits per heavy atom. The number of aromatic nitrogens is 1. The Bertz CT molecular complexity index is 484. The number of aryl methyl sites for hydroxylation is 1. The van der Waals surface area contributed by atoms with Crippen molar-refractivity contribution in [2.75, 3.05) is 18.8 Å². The van der Waals surface area contributed by atoms with Crippen LogP contribution in [0.4, 0.5) is 0 Å². The van der Waals surface area contributed by atoms with E-state index in [4.69, 9.17) is 0 Å². The van der Waals surface area contributed by atoms with Crippen molar-refractivity contribution in [1.82, 2.24) is 15.0 Å². The highest BCUT2D eigenvalue weighted by Crippen LogP contribution is 2.08. The van der Waals surface area contributed by atoms with Crippen molar-refractivity contribution < 1.29 is 8.42 Å². The maximum atomic E-state index is 11.8. The van der Waals surface area contributed by atoms with E-state index in [1.807, 2.05) is 12.3 Å². The van der Waals surface area contributed by atoms with Crippen LogP contribution in [0, 0.1) is 6.92 Å². The molecular formula is C13H25N3O2S2. The summed E-state index contributed by atoms with van der Waals surface area (Å²) in [4.78, 5) is 4.31. The summed E-state index contributed by atoms with van der Waals surface area (Å²) in [6.45, 7) is 7.40. The van der Waals surface area contributed by atoms with E-state index in [0.29, 0.717) is 25.4 Å². The topological polar surface area (TPSA) is 71.1 Å². The van der Waals surface area contributed by atoms with Crippen molar-refractivity contribution in [1.29, 1.82) is 0 Å². The van der Waals surface area contributed by atoms with Gasteiger partial charge in [-0.25, -0.2) is 18.1 Å². The number of thiazole rings is 1. The van der Waals surface area contributed by atoms with Crippen molar-refractivity contribution >= 4 is 21.4 Å². The second-order valence-electron chi connectivity index (χ2n) is 5.16. The van der Waals surface area contributed by atoms with Crippen molar-refractivity contribution in [2.24, 2.45) is 0 Å². The van der Waals surface area contributed by atoms with Crippen LogP contribution in [0.5, 0.6) is 0 Å². The normalized spacial score (nSPS) is 12.2. The minimum Gasteiger partial charge on any atom is -0.315 e. The van der Waals surface area contributed by atoms with Gasteiger partial charge in [-0.15, -0.1) is 11.3 Å². The molecule has 5 nitrogen and oxygen atoms in total. The molecule has 1 rings (SSSR count). The predicted molar refractivity (Wildman–Crippen MR) is 84.7 cm³/mol. The molecule has 0 atom stereocenters. The smallest absolute Gasteiger partial charge is 0.211 e. The second-order valence-corrected chi connectivity index (χ2v) is 8.03. The van der Waals surface area contributed by atoms with Gasteiger partial charge in [0, 0.05) is 30.1 Å². The Kier molecular flexibility index (Phi) is 7.65. The summed E-state index contributed by atoms with van der Waals surface area (Å²) in [5, 5.41) is 6.23. The van der Waals surface area contributed by atoms with E-state index in [0.717, 1.165) is 23.7 Å². The van der Waals surface area contributed by atoms with Crippen LogP contribution in [0.25, 0.3) is 0 Å². The van der Waals surface area contributed by atoms with Gasteiger partial charge in [0.05, 0.1) is 10.8 Å². The van der Waals surface area contributed by atoms with Crippen LogP contribution in [0.1, 0.15) is 37.4 Å². The maximum Gasteiger partial charge on any atom is 0.211 e.